The van der Waals surface area contributed by atoms with Crippen molar-refractivity contribution in [1.82, 2.24) is 10.3 Å². The molecule has 82 valence electrons. The van der Waals surface area contributed by atoms with Crippen LogP contribution in [0.15, 0.2) is 18.3 Å². The molecule has 0 aliphatic heterocycles. The van der Waals surface area contributed by atoms with Crippen LogP contribution in [0.3, 0.4) is 0 Å². The summed E-state index contributed by atoms with van der Waals surface area (Å²) in [7, 11) is 0. The number of rotatable bonds is 5. The molecule has 1 atom stereocenters. The van der Waals surface area contributed by atoms with Crippen molar-refractivity contribution >= 4 is 11.6 Å². The molecule has 0 aromatic carbocycles. The lowest BCUT2D eigenvalue weighted by Crippen LogP contribution is -2.26. The zero-order valence-corrected chi connectivity index (χ0v) is 9.80. The maximum atomic E-state index is 5.97. The fourth-order valence-corrected chi connectivity index (χ4v) is 1.96. The highest BCUT2D eigenvalue weighted by Crippen LogP contribution is 2.33. The van der Waals surface area contributed by atoms with E-state index in [-0.39, 0.29) is 0 Å². The summed E-state index contributed by atoms with van der Waals surface area (Å²) < 4.78 is 0. The fourth-order valence-electron chi connectivity index (χ4n) is 1.77. The number of nitrogens with zero attached hydrogens (tertiary/aromatic N) is 1. The van der Waals surface area contributed by atoms with Crippen LogP contribution >= 0.6 is 11.6 Å². The summed E-state index contributed by atoms with van der Waals surface area (Å²) >= 11 is 5.97. The zero-order chi connectivity index (χ0) is 10.7. The largest absolute Gasteiger partial charge is 0.310 e. The van der Waals surface area contributed by atoms with Crippen molar-refractivity contribution in [2.75, 3.05) is 0 Å². The highest BCUT2D eigenvalue weighted by molar-refractivity contribution is 6.30. The van der Waals surface area contributed by atoms with Crippen molar-refractivity contribution in [3.8, 4) is 0 Å². The van der Waals surface area contributed by atoms with E-state index in [9.17, 15) is 0 Å². The van der Waals surface area contributed by atoms with Gasteiger partial charge in [-0.2, -0.15) is 0 Å². The Morgan fingerprint density at radius 2 is 2.40 bits per heavy atom. The van der Waals surface area contributed by atoms with E-state index in [1.54, 1.807) is 6.20 Å². The second-order valence-corrected chi connectivity index (χ2v) is 4.77. The molecule has 0 bridgehead atoms. The molecule has 1 aliphatic carbocycles. The molecule has 0 saturated heterocycles. The maximum Gasteiger partial charge on any atom is 0.133 e. The molecule has 2 nitrogen and oxygen atoms in total. The van der Waals surface area contributed by atoms with E-state index < -0.39 is 0 Å². The van der Waals surface area contributed by atoms with Crippen molar-refractivity contribution in [2.45, 2.75) is 38.8 Å². The Hall–Kier alpha value is -0.600. The molecule has 15 heavy (non-hydrogen) atoms. The highest BCUT2D eigenvalue weighted by Gasteiger charge is 2.23. The predicted molar refractivity (Wildman–Crippen MR) is 62.9 cm³/mol. The summed E-state index contributed by atoms with van der Waals surface area (Å²) in [6, 6.07) is 4.52. The van der Waals surface area contributed by atoms with Gasteiger partial charge in [0.2, 0.25) is 0 Å². The molecule has 0 radical (unpaired) electrons. The Bertz CT molecular complexity index is 323. The third-order valence-electron chi connectivity index (χ3n) is 2.86. The second kappa shape index (κ2) is 4.95. The van der Waals surface area contributed by atoms with Crippen LogP contribution < -0.4 is 5.32 Å². The molecule has 0 amide bonds. The molecule has 1 aromatic heterocycles. The lowest BCUT2D eigenvalue weighted by atomic mass is 10.1. The third kappa shape index (κ3) is 3.47. The van der Waals surface area contributed by atoms with Gasteiger partial charge in [-0.3, -0.25) is 0 Å². The number of hydrogen-bond acceptors (Lipinski definition) is 2. The molecule has 1 fully saturated rings. The molecule has 1 saturated carbocycles. The first-order valence-electron chi connectivity index (χ1n) is 5.58. The van der Waals surface area contributed by atoms with Gasteiger partial charge in [-0.05, 0) is 25.3 Å². The summed E-state index contributed by atoms with van der Waals surface area (Å²) in [6.07, 6.45) is 5.84. The monoisotopic (exact) mass is 224 g/mol. The fraction of sp³-hybridized carbons (Fsp3) is 0.583. The summed E-state index contributed by atoms with van der Waals surface area (Å²) in [5.41, 5.74) is 1.09. The molecule has 2 rings (SSSR count). The topological polar surface area (TPSA) is 24.9 Å². The Balaban J connectivity index is 1.78. The van der Waals surface area contributed by atoms with E-state index in [2.05, 4.69) is 17.2 Å². The summed E-state index contributed by atoms with van der Waals surface area (Å²) in [5, 5.41) is 4.10. The first-order valence-corrected chi connectivity index (χ1v) is 5.96. The Morgan fingerprint density at radius 1 is 1.60 bits per heavy atom. The molecule has 1 heterocycles. The van der Waals surface area contributed by atoms with Crippen molar-refractivity contribution < 1.29 is 0 Å². The van der Waals surface area contributed by atoms with Crippen molar-refractivity contribution in [3.63, 3.8) is 0 Å². The van der Waals surface area contributed by atoms with Crippen LogP contribution in [0.1, 0.15) is 31.7 Å². The quantitative estimate of drug-likeness (QED) is 0.778. The lowest BCUT2D eigenvalue weighted by molar-refractivity contribution is 0.487. The minimum atomic E-state index is 0.578. The third-order valence-corrected chi connectivity index (χ3v) is 3.20. The molecule has 3 heteroatoms. The van der Waals surface area contributed by atoms with Crippen LogP contribution in [0.4, 0.5) is 0 Å². The highest BCUT2D eigenvalue weighted by atomic mass is 35.5. The van der Waals surface area contributed by atoms with Gasteiger partial charge in [0.05, 0.1) is 0 Å². The van der Waals surface area contributed by atoms with Gasteiger partial charge in [0.25, 0.3) is 0 Å². The van der Waals surface area contributed by atoms with Gasteiger partial charge in [0.15, 0.2) is 0 Å². The van der Waals surface area contributed by atoms with Gasteiger partial charge in [-0.15, -0.1) is 0 Å². The number of hydrogen-bond donors (Lipinski definition) is 1. The molecule has 1 unspecified atom stereocenters. The normalized spacial score (nSPS) is 17.7. The average Bonchev–Trinajstić information content (AvgIpc) is 3.00. The Morgan fingerprint density at radius 3 is 3.07 bits per heavy atom. The van der Waals surface area contributed by atoms with Crippen LogP contribution in [0.2, 0.25) is 5.15 Å². The maximum absolute atomic E-state index is 5.97. The van der Waals surface area contributed by atoms with Gasteiger partial charge in [-0.25, -0.2) is 4.98 Å². The van der Waals surface area contributed by atoms with E-state index in [0.29, 0.717) is 11.2 Å². The Kier molecular flexibility index (Phi) is 3.60. The van der Waals surface area contributed by atoms with E-state index in [4.69, 9.17) is 11.6 Å². The van der Waals surface area contributed by atoms with Crippen molar-refractivity contribution in [3.05, 3.63) is 29.0 Å². The van der Waals surface area contributed by atoms with E-state index in [0.717, 1.165) is 18.0 Å². The van der Waals surface area contributed by atoms with Crippen LogP contribution in [0.5, 0.6) is 0 Å². The smallest absolute Gasteiger partial charge is 0.133 e. The van der Waals surface area contributed by atoms with E-state index >= 15 is 0 Å². The van der Waals surface area contributed by atoms with Gasteiger partial charge < -0.3 is 5.32 Å². The van der Waals surface area contributed by atoms with Crippen molar-refractivity contribution in [2.24, 2.45) is 5.92 Å². The SMILES string of the molecule is CC(CC1CC1)NCc1cccnc1Cl. The van der Waals surface area contributed by atoms with E-state index in [1.807, 2.05) is 12.1 Å². The summed E-state index contributed by atoms with van der Waals surface area (Å²) in [6.45, 7) is 3.06. The van der Waals surface area contributed by atoms with Crippen molar-refractivity contribution in [1.29, 1.82) is 0 Å². The van der Waals surface area contributed by atoms with Crippen LogP contribution in [0, 0.1) is 5.92 Å². The summed E-state index contributed by atoms with van der Waals surface area (Å²) in [5.74, 6) is 0.969. The summed E-state index contributed by atoms with van der Waals surface area (Å²) in [4.78, 5) is 4.06. The lowest BCUT2D eigenvalue weighted by Gasteiger charge is -2.13. The minimum Gasteiger partial charge on any atom is -0.310 e. The zero-order valence-electron chi connectivity index (χ0n) is 9.04. The van der Waals surface area contributed by atoms with Gasteiger partial charge in [-0.1, -0.05) is 30.5 Å². The number of nitrogens with one attached hydrogen (secondary N) is 1. The second-order valence-electron chi connectivity index (χ2n) is 4.41. The van der Waals surface area contributed by atoms with E-state index in [1.165, 1.54) is 19.3 Å². The average molecular weight is 225 g/mol. The van der Waals surface area contributed by atoms with Crippen LogP contribution in [-0.2, 0) is 6.54 Å². The van der Waals surface area contributed by atoms with Crippen LogP contribution in [0.25, 0.3) is 0 Å². The van der Waals surface area contributed by atoms with Crippen LogP contribution in [-0.4, -0.2) is 11.0 Å². The first kappa shape index (κ1) is 10.9. The van der Waals surface area contributed by atoms with Gasteiger partial charge in [0, 0.05) is 24.3 Å². The number of halogens is 1. The standard InChI is InChI=1S/C12H17ClN2/c1-9(7-10-4-5-10)15-8-11-3-2-6-14-12(11)13/h2-3,6,9-10,15H,4-5,7-8H2,1H3. The molecule has 1 aliphatic rings. The predicted octanol–water partition coefficient (Wildman–Crippen LogP) is 3.01. The number of aromatic nitrogens is 1. The molecule has 0 spiro atoms. The van der Waals surface area contributed by atoms with Gasteiger partial charge in [0.1, 0.15) is 5.15 Å². The molecular formula is C12H17ClN2. The number of pyridine rings is 1. The molecular weight excluding hydrogens is 208 g/mol. The first-order chi connectivity index (χ1) is 7.25. The molecule has 1 N–H and O–H groups in total. The molecule has 1 aromatic rings. The van der Waals surface area contributed by atoms with Gasteiger partial charge >= 0.3 is 0 Å². The Labute approximate surface area is 96.1 Å². The minimum absolute atomic E-state index is 0.578.